The van der Waals surface area contributed by atoms with Crippen molar-refractivity contribution >= 4 is 5.96 Å². The lowest BCUT2D eigenvalue weighted by Gasteiger charge is -2.21. The number of aliphatic imine (C=N–C) groups is 1. The summed E-state index contributed by atoms with van der Waals surface area (Å²) in [4.78, 5) is 7.00. The second kappa shape index (κ2) is 9.52. The smallest absolute Gasteiger partial charge is 0.272 e. The third kappa shape index (κ3) is 5.43. The van der Waals surface area contributed by atoms with Crippen molar-refractivity contribution in [3.63, 3.8) is 0 Å². The van der Waals surface area contributed by atoms with Crippen LogP contribution in [-0.2, 0) is 13.6 Å². The first kappa shape index (κ1) is 20.1. The number of rotatable bonds is 7. The maximum Gasteiger partial charge on any atom is 0.272 e. The summed E-state index contributed by atoms with van der Waals surface area (Å²) in [6.45, 7) is 4.52. The molecular formula is C20H27F2N5O. The first-order chi connectivity index (χ1) is 13.5. The fourth-order valence-electron chi connectivity index (χ4n) is 3.36. The molecule has 2 aromatic rings. The topological polar surface area (TPSA) is 54.7 Å². The number of halogens is 2. The number of nitrogens with one attached hydrogen (secondary N) is 1. The molecule has 0 amide bonds. The van der Waals surface area contributed by atoms with Gasteiger partial charge in [0.25, 0.3) is 6.43 Å². The van der Waals surface area contributed by atoms with E-state index < -0.39 is 13.0 Å². The van der Waals surface area contributed by atoms with E-state index in [-0.39, 0.29) is 0 Å². The molecule has 0 radical (unpaired) electrons. The molecule has 152 valence electrons. The van der Waals surface area contributed by atoms with E-state index in [4.69, 9.17) is 9.73 Å². The van der Waals surface area contributed by atoms with Gasteiger partial charge in [-0.2, -0.15) is 5.10 Å². The molecule has 1 aliphatic rings. The molecule has 1 saturated heterocycles. The summed E-state index contributed by atoms with van der Waals surface area (Å²) in [7, 11) is 1.93. The predicted octanol–water partition coefficient (Wildman–Crippen LogP) is 3.02. The normalized spacial score (nSPS) is 17.4. The van der Waals surface area contributed by atoms with Crippen LogP contribution < -0.4 is 10.1 Å². The van der Waals surface area contributed by atoms with Crippen LogP contribution >= 0.6 is 0 Å². The molecule has 0 aliphatic carbocycles. The van der Waals surface area contributed by atoms with Crippen LogP contribution in [0.4, 0.5) is 8.78 Å². The monoisotopic (exact) mass is 391 g/mol. The van der Waals surface area contributed by atoms with Gasteiger partial charge >= 0.3 is 0 Å². The Kier molecular flexibility index (Phi) is 6.84. The first-order valence-electron chi connectivity index (χ1n) is 9.57. The van der Waals surface area contributed by atoms with E-state index in [1.54, 1.807) is 18.2 Å². The first-order valence-corrected chi connectivity index (χ1v) is 9.57. The minimum absolute atomic E-state index is 0.441. The van der Waals surface area contributed by atoms with Crippen LogP contribution in [-0.4, -0.2) is 53.3 Å². The lowest BCUT2D eigenvalue weighted by atomic mass is 10.0. The van der Waals surface area contributed by atoms with E-state index in [1.807, 2.05) is 30.9 Å². The Morgan fingerprint density at radius 2 is 2.29 bits per heavy atom. The zero-order valence-corrected chi connectivity index (χ0v) is 16.3. The molecule has 6 nitrogen and oxygen atoms in total. The molecule has 0 spiro atoms. The molecule has 1 atom stereocenters. The highest BCUT2D eigenvalue weighted by molar-refractivity contribution is 5.80. The molecule has 3 rings (SSSR count). The maximum atomic E-state index is 12.3. The Morgan fingerprint density at radius 3 is 3.00 bits per heavy atom. The lowest BCUT2D eigenvalue weighted by molar-refractivity contribution is 0.0818. The number of hydrogen-bond acceptors (Lipinski definition) is 3. The van der Waals surface area contributed by atoms with Crippen molar-refractivity contribution in [2.24, 2.45) is 12.0 Å². The van der Waals surface area contributed by atoms with Crippen molar-refractivity contribution in [2.45, 2.75) is 32.2 Å². The molecule has 1 fully saturated rings. The van der Waals surface area contributed by atoms with Crippen LogP contribution in [0.5, 0.6) is 5.75 Å². The summed E-state index contributed by atoms with van der Waals surface area (Å²) in [6, 6.07) is 7.16. The highest BCUT2D eigenvalue weighted by Crippen LogP contribution is 2.26. The molecule has 8 heteroatoms. The molecule has 1 aromatic heterocycles. The molecule has 2 heterocycles. The van der Waals surface area contributed by atoms with Gasteiger partial charge in [0, 0.05) is 38.8 Å². The number of nitrogens with zero attached hydrogens (tertiary/aromatic N) is 4. The van der Waals surface area contributed by atoms with Crippen LogP contribution in [0.2, 0.25) is 0 Å². The van der Waals surface area contributed by atoms with E-state index in [0.717, 1.165) is 37.6 Å². The predicted molar refractivity (Wildman–Crippen MR) is 105 cm³/mol. The summed E-state index contributed by atoms with van der Waals surface area (Å²) >= 11 is 0. The molecule has 1 N–H and O–H groups in total. The van der Waals surface area contributed by atoms with Crippen molar-refractivity contribution in [1.29, 1.82) is 0 Å². The highest BCUT2D eigenvalue weighted by Gasteiger charge is 2.26. The van der Waals surface area contributed by atoms with Gasteiger partial charge in [-0.3, -0.25) is 4.68 Å². The molecule has 1 aliphatic heterocycles. The van der Waals surface area contributed by atoms with Crippen molar-refractivity contribution in [1.82, 2.24) is 20.0 Å². The largest absolute Gasteiger partial charge is 0.488 e. The van der Waals surface area contributed by atoms with Crippen molar-refractivity contribution in [3.8, 4) is 5.75 Å². The summed E-state index contributed by atoms with van der Waals surface area (Å²) < 4.78 is 31.6. The second-order valence-corrected chi connectivity index (χ2v) is 6.90. The second-order valence-electron chi connectivity index (χ2n) is 6.90. The molecular weight excluding hydrogens is 364 g/mol. The Labute approximate surface area is 164 Å². The van der Waals surface area contributed by atoms with Crippen LogP contribution in [0, 0.1) is 0 Å². The van der Waals surface area contributed by atoms with Crippen molar-refractivity contribution in [2.75, 3.05) is 26.2 Å². The Balaban J connectivity index is 1.64. The van der Waals surface area contributed by atoms with Gasteiger partial charge in [0.1, 0.15) is 12.4 Å². The van der Waals surface area contributed by atoms with Crippen LogP contribution in [0.25, 0.3) is 0 Å². The average Bonchev–Trinajstić information content (AvgIpc) is 3.33. The van der Waals surface area contributed by atoms with Crippen molar-refractivity contribution < 1.29 is 13.5 Å². The molecule has 28 heavy (non-hydrogen) atoms. The third-order valence-electron chi connectivity index (χ3n) is 4.70. The third-order valence-corrected chi connectivity index (χ3v) is 4.70. The van der Waals surface area contributed by atoms with Crippen LogP contribution in [0.1, 0.15) is 30.4 Å². The van der Waals surface area contributed by atoms with Gasteiger partial charge in [-0.15, -0.1) is 0 Å². The summed E-state index contributed by atoms with van der Waals surface area (Å²) in [5.74, 6) is 1.76. The number of hydrogen-bond donors (Lipinski definition) is 1. The summed E-state index contributed by atoms with van der Waals surface area (Å²) in [5.41, 5.74) is 2.18. The molecule has 0 saturated carbocycles. The lowest BCUT2D eigenvalue weighted by Crippen LogP contribution is -2.40. The van der Waals surface area contributed by atoms with E-state index in [1.165, 1.54) is 5.56 Å². The Hall–Kier alpha value is -2.64. The fraction of sp³-hybridized carbons (Fsp3) is 0.500. The number of likely N-dealkylation sites (tertiary alicyclic amines) is 1. The number of ether oxygens (including phenoxy) is 1. The fourth-order valence-corrected chi connectivity index (χ4v) is 3.36. The number of benzene rings is 1. The van der Waals surface area contributed by atoms with Gasteiger partial charge in [0.2, 0.25) is 0 Å². The van der Waals surface area contributed by atoms with Gasteiger partial charge in [-0.05, 0) is 36.6 Å². The quantitative estimate of drug-likeness (QED) is 0.582. The van der Waals surface area contributed by atoms with Gasteiger partial charge in [-0.25, -0.2) is 13.8 Å². The molecule has 1 unspecified atom stereocenters. The van der Waals surface area contributed by atoms with E-state index in [0.29, 0.717) is 18.2 Å². The maximum absolute atomic E-state index is 12.3. The number of aromatic nitrogens is 2. The molecule has 1 aromatic carbocycles. The van der Waals surface area contributed by atoms with Gasteiger partial charge < -0.3 is 15.0 Å². The van der Waals surface area contributed by atoms with Gasteiger partial charge in [0.05, 0.1) is 12.7 Å². The van der Waals surface area contributed by atoms with E-state index in [2.05, 4.69) is 21.5 Å². The Morgan fingerprint density at radius 1 is 1.43 bits per heavy atom. The van der Waals surface area contributed by atoms with Crippen molar-refractivity contribution in [3.05, 3.63) is 47.8 Å². The van der Waals surface area contributed by atoms with Gasteiger partial charge in [-0.1, -0.05) is 12.1 Å². The Bertz CT molecular complexity index is 792. The van der Waals surface area contributed by atoms with Crippen LogP contribution in [0.3, 0.4) is 0 Å². The average molecular weight is 391 g/mol. The van der Waals surface area contributed by atoms with Gasteiger partial charge in [0.15, 0.2) is 5.96 Å². The zero-order chi connectivity index (χ0) is 19.9. The minimum Gasteiger partial charge on any atom is -0.488 e. The summed E-state index contributed by atoms with van der Waals surface area (Å²) in [6.07, 6.45) is 2.59. The molecule has 0 bridgehead atoms. The highest BCUT2D eigenvalue weighted by atomic mass is 19.3. The van der Waals surface area contributed by atoms with E-state index >= 15 is 0 Å². The summed E-state index contributed by atoms with van der Waals surface area (Å²) in [5, 5.41) is 7.62. The number of alkyl halides is 2. The standard InChI is InChI=1S/C20H27F2N5O/c1-3-23-20(27-8-7-16(13-27)17-11-25-26(2)12-17)24-10-15-5-4-6-18(9-15)28-14-19(21)22/h4-6,9,11-12,16,19H,3,7-8,10,13-14H2,1-2H3,(H,23,24). The van der Waals surface area contributed by atoms with E-state index in [9.17, 15) is 8.78 Å². The number of guanidine groups is 1. The zero-order valence-electron chi connectivity index (χ0n) is 16.3. The van der Waals surface area contributed by atoms with Crippen LogP contribution in [0.15, 0.2) is 41.7 Å². The minimum atomic E-state index is -2.48. The SMILES string of the molecule is CCNC(=NCc1cccc(OCC(F)F)c1)N1CCC(c2cnn(C)c2)C1. The number of aryl methyl sites for hydroxylation is 1.